The second kappa shape index (κ2) is 2.35. The van der Waals surface area contributed by atoms with Gasteiger partial charge in [0.15, 0.2) is 5.88 Å². The quantitative estimate of drug-likeness (QED) is 0.613. The van der Waals surface area contributed by atoms with Gasteiger partial charge in [0.25, 0.3) is 0 Å². The Hall–Kier alpha value is -1.25. The molecule has 3 heteroatoms. The van der Waals surface area contributed by atoms with Crippen LogP contribution in [0.2, 0.25) is 0 Å². The van der Waals surface area contributed by atoms with Gasteiger partial charge in [-0.3, -0.25) is 10.1 Å². The van der Waals surface area contributed by atoms with Crippen molar-refractivity contribution in [2.24, 2.45) is 0 Å². The Kier molecular flexibility index (Phi) is 1.53. The van der Waals surface area contributed by atoms with E-state index >= 15 is 0 Å². The number of hydrogen-bond acceptors (Lipinski definition) is 2. The Labute approximate surface area is 52.7 Å². The highest BCUT2D eigenvalue weighted by Gasteiger charge is 1.93. The molecule has 3 nitrogen and oxygen atoms in total. The van der Waals surface area contributed by atoms with Crippen molar-refractivity contribution >= 4 is 11.8 Å². The number of hydrogen-bond donors (Lipinski definition) is 1. The molecule has 1 rings (SSSR count). The average Bonchev–Trinajstić information content (AvgIpc) is 2.15. The predicted octanol–water partition coefficient (Wildman–Crippen LogP) is 1.24. The van der Waals surface area contributed by atoms with E-state index in [1.54, 1.807) is 12.1 Å². The fourth-order valence-corrected chi connectivity index (χ4v) is 0.523. The minimum Gasteiger partial charge on any atom is -0.449 e. The van der Waals surface area contributed by atoms with Gasteiger partial charge in [0, 0.05) is 13.0 Å². The number of nitrogens with one attached hydrogen (secondary N) is 1. The molecule has 1 heterocycles. The molecule has 1 aromatic heterocycles. The SMILES string of the molecule is CC(=O)Nc1ccco1. The first-order valence-electron chi connectivity index (χ1n) is 2.60. The van der Waals surface area contributed by atoms with Crippen LogP contribution < -0.4 is 5.32 Å². The number of amides is 1. The summed E-state index contributed by atoms with van der Waals surface area (Å²) >= 11 is 0. The molecule has 0 atom stereocenters. The maximum absolute atomic E-state index is 10.3. The zero-order valence-corrected chi connectivity index (χ0v) is 5.05. The van der Waals surface area contributed by atoms with E-state index in [9.17, 15) is 4.79 Å². The first kappa shape index (κ1) is 5.88. The van der Waals surface area contributed by atoms with Gasteiger partial charge in [0.2, 0.25) is 5.91 Å². The first-order valence-corrected chi connectivity index (χ1v) is 2.60. The van der Waals surface area contributed by atoms with Crippen LogP contribution in [0.25, 0.3) is 0 Å². The van der Waals surface area contributed by atoms with Crippen LogP contribution >= 0.6 is 0 Å². The van der Waals surface area contributed by atoms with E-state index < -0.39 is 0 Å². The molecular weight excluding hydrogens is 118 g/mol. The molecule has 1 amide bonds. The zero-order valence-electron chi connectivity index (χ0n) is 5.05. The minimum absolute atomic E-state index is 0.120. The Bertz CT molecular complexity index is 191. The maximum atomic E-state index is 10.3. The third-order valence-electron chi connectivity index (χ3n) is 0.820. The van der Waals surface area contributed by atoms with Crippen LogP contribution in [-0.4, -0.2) is 5.91 Å². The summed E-state index contributed by atoms with van der Waals surface area (Å²) in [4.78, 5) is 10.3. The van der Waals surface area contributed by atoms with E-state index in [1.807, 2.05) is 0 Å². The summed E-state index contributed by atoms with van der Waals surface area (Å²) < 4.78 is 4.81. The van der Waals surface area contributed by atoms with Crippen LogP contribution in [0.3, 0.4) is 0 Å². The lowest BCUT2D eigenvalue weighted by atomic mass is 10.6. The molecule has 1 N–H and O–H groups in total. The van der Waals surface area contributed by atoms with E-state index in [0.29, 0.717) is 5.88 Å². The lowest BCUT2D eigenvalue weighted by molar-refractivity contribution is -0.114. The van der Waals surface area contributed by atoms with Gasteiger partial charge < -0.3 is 4.42 Å². The van der Waals surface area contributed by atoms with E-state index in [1.165, 1.54) is 13.2 Å². The fourth-order valence-electron chi connectivity index (χ4n) is 0.523. The second-order valence-corrected chi connectivity index (χ2v) is 1.66. The average molecular weight is 125 g/mol. The van der Waals surface area contributed by atoms with Crippen molar-refractivity contribution in [2.45, 2.75) is 6.92 Å². The third kappa shape index (κ3) is 1.60. The Morgan fingerprint density at radius 2 is 2.56 bits per heavy atom. The molecule has 0 aliphatic rings. The van der Waals surface area contributed by atoms with Crippen molar-refractivity contribution in [3.8, 4) is 0 Å². The summed E-state index contributed by atoms with van der Waals surface area (Å²) in [6.45, 7) is 1.43. The van der Waals surface area contributed by atoms with Crippen LogP contribution in [0, 0.1) is 0 Å². The molecule has 1 aromatic rings. The fraction of sp³-hybridized carbons (Fsp3) is 0.167. The predicted molar refractivity (Wildman–Crippen MR) is 33.0 cm³/mol. The van der Waals surface area contributed by atoms with Crippen LogP contribution in [-0.2, 0) is 4.79 Å². The summed E-state index contributed by atoms with van der Waals surface area (Å²) in [7, 11) is 0. The molecule has 0 aliphatic heterocycles. The van der Waals surface area contributed by atoms with Crippen molar-refractivity contribution in [3.05, 3.63) is 18.4 Å². The van der Waals surface area contributed by atoms with Crippen molar-refractivity contribution in [1.29, 1.82) is 0 Å². The Morgan fingerprint density at radius 3 is 3.00 bits per heavy atom. The Balaban J connectivity index is 2.58. The summed E-state index contributed by atoms with van der Waals surface area (Å²) in [5.41, 5.74) is 0. The van der Waals surface area contributed by atoms with Gasteiger partial charge in [-0.2, -0.15) is 0 Å². The topological polar surface area (TPSA) is 42.2 Å². The summed E-state index contributed by atoms with van der Waals surface area (Å²) in [5.74, 6) is 0.368. The number of carbonyl (C=O) groups is 1. The second-order valence-electron chi connectivity index (χ2n) is 1.66. The largest absolute Gasteiger partial charge is 0.449 e. The highest BCUT2D eigenvalue weighted by Crippen LogP contribution is 2.05. The van der Waals surface area contributed by atoms with Crippen molar-refractivity contribution in [1.82, 2.24) is 0 Å². The van der Waals surface area contributed by atoms with E-state index in [2.05, 4.69) is 5.32 Å². The molecule has 0 bridgehead atoms. The van der Waals surface area contributed by atoms with Gasteiger partial charge >= 0.3 is 0 Å². The van der Waals surface area contributed by atoms with Crippen LogP contribution in [0.5, 0.6) is 0 Å². The molecule has 0 aliphatic carbocycles. The molecule has 0 radical (unpaired) electrons. The third-order valence-corrected chi connectivity index (χ3v) is 0.820. The normalized spacial score (nSPS) is 9.00. The molecule has 0 spiro atoms. The van der Waals surface area contributed by atoms with Crippen molar-refractivity contribution < 1.29 is 9.21 Å². The Morgan fingerprint density at radius 1 is 1.78 bits per heavy atom. The lowest BCUT2D eigenvalue weighted by Gasteiger charge is -1.91. The minimum atomic E-state index is -0.120. The molecule has 0 aromatic carbocycles. The van der Waals surface area contributed by atoms with Gasteiger partial charge in [0.05, 0.1) is 6.26 Å². The molecule has 48 valence electrons. The van der Waals surface area contributed by atoms with Gasteiger partial charge in [0.1, 0.15) is 0 Å². The molecule has 0 fully saturated rings. The standard InChI is InChI=1S/C6H7NO2/c1-5(8)7-6-3-2-4-9-6/h2-4H,1H3,(H,7,8). The first-order chi connectivity index (χ1) is 4.29. The van der Waals surface area contributed by atoms with E-state index in [-0.39, 0.29) is 5.91 Å². The number of anilines is 1. The van der Waals surface area contributed by atoms with E-state index in [4.69, 9.17) is 4.42 Å². The number of furan rings is 1. The van der Waals surface area contributed by atoms with Crippen LogP contribution in [0.15, 0.2) is 22.8 Å². The molecule has 0 saturated carbocycles. The van der Waals surface area contributed by atoms with Gasteiger partial charge in [-0.15, -0.1) is 0 Å². The van der Waals surface area contributed by atoms with Gasteiger partial charge in [-0.25, -0.2) is 0 Å². The van der Waals surface area contributed by atoms with Crippen LogP contribution in [0.4, 0.5) is 5.88 Å². The monoisotopic (exact) mass is 125 g/mol. The lowest BCUT2D eigenvalue weighted by Crippen LogP contribution is -2.03. The van der Waals surface area contributed by atoms with Crippen molar-refractivity contribution in [3.63, 3.8) is 0 Å². The zero-order chi connectivity index (χ0) is 6.69. The smallest absolute Gasteiger partial charge is 0.223 e. The molecule has 0 unspecified atom stereocenters. The van der Waals surface area contributed by atoms with Crippen molar-refractivity contribution in [2.75, 3.05) is 5.32 Å². The molecular formula is C6H7NO2. The maximum Gasteiger partial charge on any atom is 0.223 e. The van der Waals surface area contributed by atoms with Gasteiger partial charge in [-0.05, 0) is 6.07 Å². The summed E-state index contributed by atoms with van der Waals surface area (Å²) in [5, 5.41) is 2.48. The molecule has 0 saturated heterocycles. The molecule has 9 heavy (non-hydrogen) atoms. The van der Waals surface area contributed by atoms with Gasteiger partial charge in [-0.1, -0.05) is 0 Å². The highest BCUT2D eigenvalue weighted by molar-refractivity contribution is 5.86. The van der Waals surface area contributed by atoms with Crippen LogP contribution in [0.1, 0.15) is 6.92 Å². The number of rotatable bonds is 1. The van der Waals surface area contributed by atoms with E-state index in [0.717, 1.165) is 0 Å². The summed E-state index contributed by atoms with van der Waals surface area (Å²) in [6.07, 6.45) is 1.51. The highest BCUT2D eigenvalue weighted by atomic mass is 16.3. The summed E-state index contributed by atoms with van der Waals surface area (Å²) in [6, 6.07) is 3.40. The number of carbonyl (C=O) groups excluding carboxylic acids is 1.